The van der Waals surface area contributed by atoms with Crippen LogP contribution < -0.4 is 14.8 Å². The third-order valence-corrected chi connectivity index (χ3v) is 5.45. The summed E-state index contributed by atoms with van der Waals surface area (Å²) in [5.74, 6) is 2.31. The van der Waals surface area contributed by atoms with Gasteiger partial charge in [0.25, 0.3) is 0 Å². The number of rotatable bonds is 6. The van der Waals surface area contributed by atoms with E-state index in [1.807, 2.05) is 60.4 Å². The predicted octanol–water partition coefficient (Wildman–Crippen LogP) is 4.05. The second-order valence-electron chi connectivity index (χ2n) is 5.94. The quantitative estimate of drug-likeness (QED) is 0.831. The lowest BCUT2D eigenvalue weighted by Gasteiger charge is -2.24. The van der Waals surface area contributed by atoms with Gasteiger partial charge in [-0.05, 0) is 30.2 Å². The standard InChI is InChI=1S/C20H24N2O3S/c1-3-21-20(23)22-11-12-26-19(22)16-9-10-17(18(13-16)24-2)25-14-15-7-5-4-6-8-15/h4-10,13,19H,3,11-12,14H2,1-2H3,(H,21,23)/t19-/m1/s1. The van der Waals surface area contributed by atoms with E-state index < -0.39 is 0 Å². The fraction of sp³-hybridized carbons (Fsp3) is 0.350. The second kappa shape index (κ2) is 8.85. The summed E-state index contributed by atoms with van der Waals surface area (Å²) in [5, 5.41) is 2.88. The minimum absolute atomic E-state index is 0.00127. The van der Waals surface area contributed by atoms with Crippen LogP contribution in [0.25, 0.3) is 0 Å². The van der Waals surface area contributed by atoms with E-state index in [4.69, 9.17) is 9.47 Å². The molecule has 2 aromatic rings. The van der Waals surface area contributed by atoms with E-state index >= 15 is 0 Å². The van der Waals surface area contributed by atoms with Crippen molar-refractivity contribution in [1.29, 1.82) is 0 Å². The number of ether oxygens (including phenoxy) is 2. The highest BCUT2D eigenvalue weighted by Crippen LogP contribution is 2.41. The number of amides is 2. The van der Waals surface area contributed by atoms with Gasteiger partial charge in [0.2, 0.25) is 0 Å². The Hall–Kier alpha value is -2.34. The Balaban J connectivity index is 1.74. The molecular weight excluding hydrogens is 348 g/mol. The number of hydrogen-bond acceptors (Lipinski definition) is 4. The van der Waals surface area contributed by atoms with E-state index in [9.17, 15) is 4.79 Å². The fourth-order valence-corrected chi connectivity index (χ4v) is 4.14. The molecule has 2 aromatic carbocycles. The summed E-state index contributed by atoms with van der Waals surface area (Å²) in [7, 11) is 1.64. The van der Waals surface area contributed by atoms with Crippen molar-refractivity contribution >= 4 is 17.8 Å². The van der Waals surface area contributed by atoms with Gasteiger partial charge in [0.15, 0.2) is 11.5 Å². The van der Waals surface area contributed by atoms with Crippen molar-refractivity contribution in [2.45, 2.75) is 18.9 Å². The molecular formula is C20H24N2O3S. The molecule has 0 aromatic heterocycles. The number of carbonyl (C=O) groups excluding carboxylic acids is 1. The summed E-state index contributed by atoms with van der Waals surface area (Å²) in [4.78, 5) is 14.1. The molecule has 2 amide bonds. The molecule has 1 aliphatic rings. The molecule has 5 nitrogen and oxygen atoms in total. The van der Waals surface area contributed by atoms with Gasteiger partial charge in [-0.3, -0.25) is 0 Å². The molecule has 0 bridgehead atoms. The molecule has 1 aliphatic heterocycles. The van der Waals surface area contributed by atoms with E-state index in [1.54, 1.807) is 18.9 Å². The van der Waals surface area contributed by atoms with Crippen LogP contribution in [0.1, 0.15) is 23.4 Å². The Labute approximate surface area is 158 Å². The summed E-state index contributed by atoms with van der Waals surface area (Å²) >= 11 is 1.76. The first kappa shape index (κ1) is 18.5. The Bertz CT molecular complexity index is 739. The summed E-state index contributed by atoms with van der Waals surface area (Å²) < 4.78 is 11.4. The molecule has 0 spiro atoms. The van der Waals surface area contributed by atoms with Crippen LogP contribution in [-0.2, 0) is 6.61 Å². The largest absolute Gasteiger partial charge is 0.493 e. The lowest BCUT2D eigenvalue weighted by Crippen LogP contribution is -2.39. The Morgan fingerprint density at radius 3 is 2.77 bits per heavy atom. The molecule has 0 aliphatic carbocycles. The van der Waals surface area contributed by atoms with Crippen LogP contribution in [0.4, 0.5) is 4.79 Å². The van der Waals surface area contributed by atoms with Crippen molar-refractivity contribution in [3.63, 3.8) is 0 Å². The van der Waals surface area contributed by atoms with Gasteiger partial charge in [0.05, 0.1) is 7.11 Å². The number of thioether (sulfide) groups is 1. The van der Waals surface area contributed by atoms with Gasteiger partial charge in [-0.15, -0.1) is 11.8 Å². The molecule has 0 saturated carbocycles. The van der Waals surface area contributed by atoms with Gasteiger partial charge in [-0.2, -0.15) is 0 Å². The maximum atomic E-state index is 12.3. The van der Waals surface area contributed by atoms with Crippen LogP contribution in [0.5, 0.6) is 11.5 Å². The molecule has 1 saturated heterocycles. The molecule has 3 rings (SSSR count). The van der Waals surface area contributed by atoms with E-state index in [2.05, 4.69) is 5.32 Å². The van der Waals surface area contributed by atoms with Crippen molar-refractivity contribution < 1.29 is 14.3 Å². The van der Waals surface area contributed by atoms with Crippen molar-refractivity contribution in [3.05, 3.63) is 59.7 Å². The first-order valence-electron chi connectivity index (χ1n) is 8.73. The minimum Gasteiger partial charge on any atom is -0.493 e. The van der Waals surface area contributed by atoms with E-state index in [1.165, 1.54) is 0 Å². The van der Waals surface area contributed by atoms with Crippen LogP contribution in [0.15, 0.2) is 48.5 Å². The van der Waals surface area contributed by atoms with Crippen LogP contribution >= 0.6 is 11.8 Å². The van der Waals surface area contributed by atoms with Crippen LogP contribution in [0.2, 0.25) is 0 Å². The van der Waals surface area contributed by atoms with Gasteiger partial charge >= 0.3 is 6.03 Å². The normalized spacial score (nSPS) is 16.4. The number of urea groups is 1. The van der Waals surface area contributed by atoms with Gasteiger partial charge in [0.1, 0.15) is 12.0 Å². The topological polar surface area (TPSA) is 50.8 Å². The zero-order chi connectivity index (χ0) is 18.4. The number of nitrogens with zero attached hydrogens (tertiary/aromatic N) is 1. The van der Waals surface area contributed by atoms with Crippen LogP contribution in [-0.4, -0.2) is 36.9 Å². The number of nitrogens with one attached hydrogen (secondary N) is 1. The zero-order valence-corrected chi connectivity index (χ0v) is 15.9. The molecule has 26 heavy (non-hydrogen) atoms. The van der Waals surface area contributed by atoms with Crippen molar-refractivity contribution in [1.82, 2.24) is 10.2 Å². The van der Waals surface area contributed by atoms with Crippen LogP contribution in [0.3, 0.4) is 0 Å². The highest BCUT2D eigenvalue weighted by Gasteiger charge is 2.31. The Kier molecular flexibility index (Phi) is 6.28. The SMILES string of the molecule is CCNC(=O)N1CCS[C@@H]1c1ccc(OCc2ccccc2)c(OC)c1. The third kappa shape index (κ3) is 4.25. The van der Waals surface area contributed by atoms with Gasteiger partial charge in [-0.1, -0.05) is 36.4 Å². The first-order chi connectivity index (χ1) is 12.7. The van der Waals surface area contributed by atoms with Crippen LogP contribution in [0, 0.1) is 0 Å². The second-order valence-corrected chi connectivity index (χ2v) is 7.12. The smallest absolute Gasteiger partial charge is 0.318 e. The Morgan fingerprint density at radius 2 is 2.04 bits per heavy atom. The molecule has 1 N–H and O–H groups in total. The number of methoxy groups -OCH3 is 1. The van der Waals surface area contributed by atoms with E-state index in [-0.39, 0.29) is 11.4 Å². The maximum Gasteiger partial charge on any atom is 0.318 e. The minimum atomic E-state index is -0.0223. The number of carbonyl (C=O) groups is 1. The molecule has 0 radical (unpaired) electrons. The molecule has 1 atom stereocenters. The van der Waals surface area contributed by atoms with Crippen molar-refractivity contribution in [2.75, 3.05) is 26.0 Å². The number of benzene rings is 2. The summed E-state index contributed by atoms with van der Waals surface area (Å²) in [6, 6.07) is 15.9. The fourth-order valence-electron chi connectivity index (χ4n) is 2.90. The molecule has 138 valence electrons. The lowest BCUT2D eigenvalue weighted by atomic mass is 10.2. The molecule has 0 unspecified atom stereocenters. The molecule has 6 heteroatoms. The van der Waals surface area contributed by atoms with E-state index in [0.29, 0.717) is 24.7 Å². The number of hydrogen-bond donors (Lipinski definition) is 1. The zero-order valence-electron chi connectivity index (χ0n) is 15.1. The summed E-state index contributed by atoms with van der Waals surface area (Å²) in [6.07, 6.45) is 0. The first-order valence-corrected chi connectivity index (χ1v) is 9.78. The van der Waals surface area contributed by atoms with Gasteiger partial charge < -0.3 is 19.7 Å². The highest BCUT2D eigenvalue weighted by atomic mass is 32.2. The van der Waals surface area contributed by atoms with Gasteiger partial charge in [-0.25, -0.2) is 4.79 Å². The third-order valence-electron chi connectivity index (χ3n) is 4.19. The maximum absolute atomic E-state index is 12.3. The average Bonchev–Trinajstić information content (AvgIpc) is 3.17. The monoisotopic (exact) mass is 372 g/mol. The molecule has 1 fully saturated rings. The highest BCUT2D eigenvalue weighted by molar-refractivity contribution is 7.99. The van der Waals surface area contributed by atoms with E-state index in [0.717, 1.165) is 23.4 Å². The van der Waals surface area contributed by atoms with Crippen molar-refractivity contribution in [2.24, 2.45) is 0 Å². The van der Waals surface area contributed by atoms with Gasteiger partial charge in [0, 0.05) is 18.8 Å². The average molecular weight is 372 g/mol. The Morgan fingerprint density at radius 1 is 1.23 bits per heavy atom. The lowest BCUT2D eigenvalue weighted by molar-refractivity contribution is 0.201. The summed E-state index contributed by atoms with van der Waals surface area (Å²) in [5.41, 5.74) is 2.15. The molecule has 1 heterocycles. The summed E-state index contributed by atoms with van der Waals surface area (Å²) in [6.45, 7) is 3.79. The predicted molar refractivity (Wildman–Crippen MR) is 105 cm³/mol. The van der Waals surface area contributed by atoms with Crippen molar-refractivity contribution in [3.8, 4) is 11.5 Å².